The standard InChI is InChI=1S/C18H16N4/c1-12-8-14-9-13(6-7-15(14)21-12)10-20-18-11-19-16-4-2-3-5-17(16)22-18/h2-9,11,21H,10H2,1H3,(H,20,22). The Hall–Kier alpha value is -2.88. The van der Waals surface area contributed by atoms with Gasteiger partial charge in [0.2, 0.25) is 0 Å². The molecule has 2 N–H and O–H groups in total. The number of nitrogens with zero attached hydrogens (tertiary/aromatic N) is 2. The van der Waals surface area contributed by atoms with Gasteiger partial charge in [-0.2, -0.15) is 0 Å². The zero-order valence-electron chi connectivity index (χ0n) is 12.3. The van der Waals surface area contributed by atoms with Crippen LogP contribution >= 0.6 is 0 Å². The van der Waals surface area contributed by atoms with Gasteiger partial charge in [0, 0.05) is 17.8 Å². The summed E-state index contributed by atoms with van der Waals surface area (Å²) in [5.74, 6) is 0.795. The van der Waals surface area contributed by atoms with Crippen molar-refractivity contribution in [3.05, 3.63) is 66.0 Å². The molecule has 0 aliphatic carbocycles. The number of H-pyrrole nitrogens is 1. The van der Waals surface area contributed by atoms with Crippen LogP contribution in [0.4, 0.5) is 5.82 Å². The second kappa shape index (κ2) is 5.15. The van der Waals surface area contributed by atoms with E-state index in [2.05, 4.69) is 51.5 Å². The molecule has 2 heterocycles. The Kier molecular flexibility index (Phi) is 3.00. The Morgan fingerprint density at radius 1 is 1.05 bits per heavy atom. The van der Waals surface area contributed by atoms with E-state index in [1.54, 1.807) is 6.20 Å². The summed E-state index contributed by atoms with van der Waals surface area (Å²) in [4.78, 5) is 12.3. The van der Waals surface area contributed by atoms with E-state index in [0.29, 0.717) is 0 Å². The molecule has 4 rings (SSSR count). The van der Waals surface area contributed by atoms with Crippen molar-refractivity contribution in [2.45, 2.75) is 13.5 Å². The van der Waals surface area contributed by atoms with Gasteiger partial charge in [0.15, 0.2) is 0 Å². The average molecular weight is 288 g/mol. The molecule has 0 saturated heterocycles. The number of fused-ring (bicyclic) bond motifs is 2. The summed E-state index contributed by atoms with van der Waals surface area (Å²) in [6.45, 7) is 2.80. The van der Waals surface area contributed by atoms with E-state index in [1.807, 2.05) is 24.3 Å². The normalized spacial score (nSPS) is 11.1. The van der Waals surface area contributed by atoms with Gasteiger partial charge in [0.1, 0.15) is 5.82 Å². The van der Waals surface area contributed by atoms with Gasteiger partial charge < -0.3 is 10.3 Å². The average Bonchev–Trinajstić information content (AvgIpc) is 2.92. The second-order valence-electron chi connectivity index (χ2n) is 5.47. The topological polar surface area (TPSA) is 53.6 Å². The zero-order chi connectivity index (χ0) is 14.9. The molecule has 0 saturated carbocycles. The Morgan fingerprint density at radius 3 is 2.82 bits per heavy atom. The molecular weight excluding hydrogens is 272 g/mol. The molecule has 0 amide bonds. The lowest BCUT2D eigenvalue weighted by atomic mass is 10.1. The van der Waals surface area contributed by atoms with Crippen LogP contribution in [0.25, 0.3) is 21.9 Å². The summed E-state index contributed by atoms with van der Waals surface area (Å²) in [6, 6.07) is 16.5. The number of hydrogen-bond acceptors (Lipinski definition) is 3. The highest BCUT2D eigenvalue weighted by molar-refractivity contribution is 5.81. The van der Waals surface area contributed by atoms with Gasteiger partial charge in [0.05, 0.1) is 17.2 Å². The molecule has 0 aliphatic rings. The molecule has 0 atom stereocenters. The smallest absolute Gasteiger partial charge is 0.145 e. The highest BCUT2D eigenvalue weighted by atomic mass is 15.0. The third kappa shape index (κ3) is 2.39. The maximum Gasteiger partial charge on any atom is 0.145 e. The molecule has 4 aromatic rings. The fraction of sp³-hybridized carbons (Fsp3) is 0.111. The largest absolute Gasteiger partial charge is 0.365 e. The SMILES string of the molecule is Cc1cc2cc(CNc3cnc4ccccc4n3)ccc2[nH]1. The molecule has 2 aromatic heterocycles. The van der Waals surface area contributed by atoms with E-state index >= 15 is 0 Å². The van der Waals surface area contributed by atoms with Crippen LogP contribution in [0.3, 0.4) is 0 Å². The van der Waals surface area contributed by atoms with Crippen molar-refractivity contribution in [3.8, 4) is 0 Å². The van der Waals surface area contributed by atoms with Gasteiger partial charge in [-0.3, -0.25) is 4.98 Å². The summed E-state index contributed by atoms with van der Waals surface area (Å²) < 4.78 is 0. The molecule has 0 bridgehead atoms. The van der Waals surface area contributed by atoms with Crippen molar-refractivity contribution in [1.82, 2.24) is 15.0 Å². The van der Waals surface area contributed by atoms with E-state index in [-0.39, 0.29) is 0 Å². The van der Waals surface area contributed by atoms with E-state index in [9.17, 15) is 0 Å². The Balaban J connectivity index is 1.56. The molecule has 22 heavy (non-hydrogen) atoms. The molecule has 0 unspecified atom stereocenters. The molecule has 2 aromatic carbocycles. The first-order chi connectivity index (χ1) is 10.8. The highest BCUT2D eigenvalue weighted by Gasteiger charge is 2.02. The van der Waals surface area contributed by atoms with Crippen LogP contribution in [0.2, 0.25) is 0 Å². The summed E-state index contributed by atoms with van der Waals surface area (Å²) in [5, 5.41) is 4.58. The monoisotopic (exact) mass is 288 g/mol. The summed E-state index contributed by atoms with van der Waals surface area (Å²) >= 11 is 0. The summed E-state index contributed by atoms with van der Waals surface area (Å²) in [5.41, 5.74) is 5.40. The van der Waals surface area contributed by atoms with Crippen LogP contribution in [0.5, 0.6) is 0 Å². The maximum atomic E-state index is 4.58. The van der Waals surface area contributed by atoms with Crippen LogP contribution in [0.1, 0.15) is 11.3 Å². The Bertz CT molecular complexity index is 956. The van der Waals surface area contributed by atoms with Gasteiger partial charge in [-0.15, -0.1) is 0 Å². The third-order valence-corrected chi connectivity index (χ3v) is 3.74. The van der Waals surface area contributed by atoms with Crippen molar-refractivity contribution in [3.63, 3.8) is 0 Å². The quantitative estimate of drug-likeness (QED) is 0.598. The van der Waals surface area contributed by atoms with Crippen molar-refractivity contribution >= 4 is 27.8 Å². The van der Waals surface area contributed by atoms with E-state index in [0.717, 1.165) is 23.4 Å². The number of aromatic nitrogens is 3. The molecule has 0 aliphatic heterocycles. The fourth-order valence-electron chi connectivity index (χ4n) is 2.67. The molecule has 108 valence electrons. The predicted molar refractivity (Wildman–Crippen MR) is 89.9 cm³/mol. The lowest BCUT2D eigenvalue weighted by Crippen LogP contribution is -2.02. The van der Waals surface area contributed by atoms with Crippen LogP contribution in [-0.4, -0.2) is 15.0 Å². The number of anilines is 1. The lowest BCUT2D eigenvalue weighted by Gasteiger charge is -2.06. The zero-order valence-corrected chi connectivity index (χ0v) is 12.3. The van der Waals surface area contributed by atoms with Gasteiger partial charge in [-0.05, 0) is 48.2 Å². The van der Waals surface area contributed by atoms with Crippen LogP contribution in [0.15, 0.2) is 54.7 Å². The minimum Gasteiger partial charge on any atom is -0.365 e. The fourth-order valence-corrected chi connectivity index (χ4v) is 2.67. The van der Waals surface area contributed by atoms with Crippen LogP contribution < -0.4 is 5.32 Å². The van der Waals surface area contributed by atoms with Crippen molar-refractivity contribution in [2.75, 3.05) is 5.32 Å². The van der Waals surface area contributed by atoms with E-state index in [1.165, 1.54) is 22.2 Å². The number of aromatic amines is 1. The minimum atomic E-state index is 0.729. The minimum absolute atomic E-state index is 0.729. The number of para-hydroxylation sites is 2. The van der Waals surface area contributed by atoms with Gasteiger partial charge >= 0.3 is 0 Å². The highest BCUT2D eigenvalue weighted by Crippen LogP contribution is 2.18. The summed E-state index contributed by atoms with van der Waals surface area (Å²) in [7, 11) is 0. The molecule has 4 heteroatoms. The van der Waals surface area contributed by atoms with Crippen molar-refractivity contribution in [1.29, 1.82) is 0 Å². The third-order valence-electron chi connectivity index (χ3n) is 3.74. The molecular formula is C18H16N4. The first-order valence-electron chi connectivity index (χ1n) is 7.32. The molecule has 0 radical (unpaired) electrons. The Labute approximate surface area is 128 Å². The first-order valence-corrected chi connectivity index (χ1v) is 7.32. The second-order valence-corrected chi connectivity index (χ2v) is 5.47. The predicted octanol–water partition coefficient (Wildman–Crippen LogP) is 4.03. The van der Waals surface area contributed by atoms with Crippen molar-refractivity contribution < 1.29 is 0 Å². The maximum absolute atomic E-state index is 4.58. The van der Waals surface area contributed by atoms with Crippen molar-refractivity contribution in [2.24, 2.45) is 0 Å². The number of rotatable bonds is 3. The lowest BCUT2D eigenvalue weighted by molar-refractivity contribution is 1.11. The van der Waals surface area contributed by atoms with Crippen LogP contribution in [0, 0.1) is 6.92 Å². The van der Waals surface area contributed by atoms with Gasteiger partial charge in [0.25, 0.3) is 0 Å². The molecule has 0 fully saturated rings. The van der Waals surface area contributed by atoms with Gasteiger partial charge in [-0.25, -0.2) is 4.98 Å². The Morgan fingerprint density at radius 2 is 1.91 bits per heavy atom. The molecule has 0 spiro atoms. The summed E-state index contributed by atoms with van der Waals surface area (Å²) in [6.07, 6.45) is 1.78. The van der Waals surface area contributed by atoms with E-state index in [4.69, 9.17) is 0 Å². The number of nitrogens with one attached hydrogen (secondary N) is 2. The number of aryl methyl sites for hydroxylation is 1. The van der Waals surface area contributed by atoms with Crippen LogP contribution in [-0.2, 0) is 6.54 Å². The van der Waals surface area contributed by atoms with E-state index < -0.39 is 0 Å². The number of benzene rings is 2. The molecule has 4 nitrogen and oxygen atoms in total. The first kappa shape index (κ1) is 12.8. The van der Waals surface area contributed by atoms with Gasteiger partial charge in [-0.1, -0.05) is 18.2 Å². The number of hydrogen-bond donors (Lipinski definition) is 2.